The Morgan fingerprint density at radius 3 is 2.54 bits per heavy atom. The molecule has 1 heterocycles. The Hall–Kier alpha value is -3.87. The van der Waals surface area contributed by atoms with Gasteiger partial charge in [0, 0.05) is 28.6 Å². The van der Waals surface area contributed by atoms with E-state index in [1.54, 1.807) is 24.3 Å². The fourth-order valence-corrected chi connectivity index (χ4v) is 3.95. The van der Waals surface area contributed by atoms with Gasteiger partial charge in [-0.1, -0.05) is 49.7 Å². The molecule has 7 heteroatoms. The van der Waals surface area contributed by atoms with Gasteiger partial charge in [0.2, 0.25) is 0 Å². The number of fused-ring (bicyclic) bond motifs is 1. The lowest BCUT2D eigenvalue weighted by atomic mass is 10.1. The van der Waals surface area contributed by atoms with Gasteiger partial charge in [0.25, 0.3) is 5.91 Å². The molecule has 0 saturated heterocycles. The number of amides is 1. The lowest BCUT2D eigenvalue weighted by molar-refractivity contribution is -0.0504. The van der Waals surface area contributed by atoms with Crippen LogP contribution in [0, 0.1) is 0 Å². The number of para-hydroxylation sites is 2. The van der Waals surface area contributed by atoms with Gasteiger partial charge in [0.05, 0.1) is 12.2 Å². The SMILES string of the molecule is CCCCNC(=O)c1ccc2c(c1)cc(COc1ccccc1)n2Cc1ccccc1OC(F)F. The maximum atomic E-state index is 13.0. The van der Waals surface area contributed by atoms with Gasteiger partial charge < -0.3 is 19.4 Å². The first-order valence-electron chi connectivity index (χ1n) is 11.7. The molecule has 0 spiro atoms. The zero-order chi connectivity index (χ0) is 24.6. The van der Waals surface area contributed by atoms with Gasteiger partial charge in [-0.2, -0.15) is 8.78 Å². The lowest BCUT2D eigenvalue weighted by Crippen LogP contribution is -2.24. The molecule has 1 aromatic heterocycles. The van der Waals surface area contributed by atoms with Crippen LogP contribution in [0.4, 0.5) is 8.78 Å². The summed E-state index contributed by atoms with van der Waals surface area (Å²) in [6.45, 7) is 0.374. The van der Waals surface area contributed by atoms with Crippen LogP contribution in [0.3, 0.4) is 0 Å². The van der Waals surface area contributed by atoms with Crippen molar-refractivity contribution in [1.29, 1.82) is 0 Å². The summed E-state index contributed by atoms with van der Waals surface area (Å²) in [5.41, 5.74) is 2.91. The van der Waals surface area contributed by atoms with Crippen molar-refractivity contribution in [2.75, 3.05) is 6.54 Å². The van der Waals surface area contributed by atoms with Gasteiger partial charge in [0.15, 0.2) is 0 Å². The van der Waals surface area contributed by atoms with Crippen LogP contribution in [-0.4, -0.2) is 23.6 Å². The van der Waals surface area contributed by atoms with E-state index in [0.29, 0.717) is 24.2 Å². The predicted molar refractivity (Wildman–Crippen MR) is 132 cm³/mol. The van der Waals surface area contributed by atoms with Crippen molar-refractivity contribution < 1.29 is 23.0 Å². The van der Waals surface area contributed by atoms with E-state index in [4.69, 9.17) is 9.47 Å². The number of hydrogen-bond donors (Lipinski definition) is 1. The standard InChI is InChI=1S/C28H28F2N2O3/c1-2-3-15-31-27(33)20-13-14-25-22(16-20)17-23(19-34-24-10-5-4-6-11-24)32(25)18-21-9-7-8-12-26(21)35-28(29)30/h4-14,16-17,28H,2-3,15,18-19H2,1H3,(H,31,33). The van der Waals surface area contributed by atoms with E-state index in [9.17, 15) is 13.6 Å². The van der Waals surface area contributed by atoms with Crippen LogP contribution in [0.5, 0.6) is 11.5 Å². The molecule has 0 aliphatic heterocycles. The number of aromatic nitrogens is 1. The summed E-state index contributed by atoms with van der Waals surface area (Å²) >= 11 is 0. The summed E-state index contributed by atoms with van der Waals surface area (Å²) in [6, 6.07) is 23.7. The second kappa shape index (κ2) is 11.5. The first-order valence-corrected chi connectivity index (χ1v) is 11.7. The van der Waals surface area contributed by atoms with Gasteiger partial charge in [-0.05, 0) is 48.9 Å². The molecule has 0 aliphatic rings. The lowest BCUT2D eigenvalue weighted by Gasteiger charge is -2.15. The molecular weight excluding hydrogens is 450 g/mol. The quantitative estimate of drug-likeness (QED) is 0.254. The molecule has 0 fully saturated rings. The zero-order valence-electron chi connectivity index (χ0n) is 19.5. The van der Waals surface area contributed by atoms with Gasteiger partial charge in [0.1, 0.15) is 18.1 Å². The number of benzene rings is 3. The second-order valence-electron chi connectivity index (χ2n) is 8.19. The molecule has 0 radical (unpaired) electrons. The molecule has 1 amide bonds. The van der Waals surface area contributed by atoms with E-state index >= 15 is 0 Å². The number of rotatable bonds is 11. The zero-order valence-corrected chi connectivity index (χ0v) is 19.5. The number of carbonyl (C=O) groups is 1. The molecule has 0 bridgehead atoms. The highest BCUT2D eigenvalue weighted by Gasteiger charge is 2.16. The number of ether oxygens (including phenoxy) is 2. The molecule has 182 valence electrons. The summed E-state index contributed by atoms with van der Waals surface area (Å²) in [4.78, 5) is 12.6. The van der Waals surface area contributed by atoms with Gasteiger partial charge in [-0.3, -0.25) is 4.79 Å². The fourth-order valence-electron chi connectivity index (χ4n) is 3.95. The number of hydrogen-bond acceptors (Lipinski definition) is 3. The third kappa shape index (κ3) is 6.18. The Kier molecular flexibility index (Phi) is 7.98. The van der Waals surface area contributed by atoms with Crippen LogP contribution < -0.4 is 14.8 Å². The Morgan fingerprint density at radius 1 is 1.00 bits per heavy atom. The minimum absolute atomic E-state index is 0.120. The highest BCUT2D eigenvalue weighted by molar-refractivity contribution is 5.98. The van der Waals surface area contributed by atoms with E-state index in [2.05, 4.69) is 12.2 Å². The van der Waals surface area contributed by atoms with Crippen molar-refractivity contribution >= 4 is 16.8 Å². The third-order valence-electron chi connectivity index (χ3n) is 5.71. The van der Waals surface area contributed by atoms with Crippen molar-refractivity contribution in [3.63, 3.8) is 0 Å². The first kappa shape index (κ1) is 24.3. The van der Waals surface area contributed by atoms with Crippen LogP contribution in [0.15, 0.2) is 78.9 Å². The molecule has 3 aromatic carbocycles. The van der Waals surface area contributed by atoms with Crippen molar-refractivity contribution in [3.8, 4) is 11.5 Å². The molecule has 5 nitrogen and oxygen atoms in total. The van der Waals surface area contributed by atoms with Crippen molar-refractivity contribution in [2.24, 2.45) is 0 Å². The number of nitrogens with one attached hydrogen (secondary N) is 1. The molecule has 0 unspecified atom stereocenters. The van der Waals surface area contributed by atoms with Crippen molar-refractivity contribution in [1.82, 2.24) is 9.88 Å². The van der Waals surface area contributed by atoms with Crippen molar-refractivity contribution in [2.45, 2.75) is 39.5 Å². The molecule has 0 saturated carbocycles. The number of halogens is 2. The summed E-state index contributed by atoms with van der Waals surface area (Å²) in [5.74, 6) is 0.735. The largest absolute Gasteiger partial charge is 0.487 e. The highest BCUT2D eigenvalue weighted by atomic mass is 19.3. The first-order chi connectivity index (χ1) is 17.0. The summed E-state index contributed by atoms with van der Waals surface area (Å²) in [6.07, 6.45) is 1.93. The Bertz CT molecular complexity index is 1270. The fraction of sp³-hybridized carbons (Fsp3) is 0.250. The Morgan fingerprint density at radius 2 is 1.77 bits per heavy atom. The maximum Gasteiger partial charge on any atom is 0.387 e. The summed E-state index contributed by atoms with van der Waals surface area (Å²) in [7, 11) is 0. The third-order valence-corrected chi connectivity index (χ3v) is 5.71. The molecule has 4 aromatic rings. The van der Waals surface area contributed by atoms with Crippen LogP contribution in [-0.2, 0) is 13.2 Å². The normalized spacial score (nSPS) is 11.1. The van der Waals surface area contributed by atoms with Gasteiger partial charge >= 0.3 is 6.61 Å². The average molecular weight is 479 g/mol. The summed E-state index contributed by atoms with van der Waals surface area (Å²) < 4.78 is 38.7. The van der Waals surface area contributed by atoms with E-state index in [0.717, 1.165) is 35.2 Å². The minimum Gasteiger partial charge on any atom is -0.487 e. The van der Waals surface area contributed by atoms with Crippen LogP contribution in [0.1, 0.15) is 41.4 Å². The van der Waals surface area contributed by atoms with E-state index < -0.39 is 6.61 Å². The molecule has 0 atom stereocenters. The van der Waals surface area contributed by atoms with Crippen LogP contribution in [0.2, 0.25) is 0 Å². The number of alkyl halides is 2. The molecule has 0 aliphatic carbocycles. The smallest absolute Gasteiger partial charge is 0.387 e. The Balaban J connectivity index is 1.68. The average Bonchev–Trinajstić information content (AvgIpc) is 3.20. The highest BCUT2D eigenvalue weighted by Crippen LogP contribution is 2.28. The van der Waals surface area contributed by atoms with Crippen LogP contribution in [0.25, 0.3) is 10.9 Å². The van der Waals surface area contributed by atoms with Crippen LogP contribution >= 0.6 is 0 Å². The molecular formula is C28H28F2N2O3. The molecule has 35 heavy (non-hydrogen) atoms. The van der Waals surface area contributed by atoms with E-state index in [1.165, 1.54) is 6.07 Å². The van der Waals surface area contributed by atoms with Gasteiger partial charge in [-0.25, -0.2) is 0 Å². The monoisotopic (exact) mass is 478 g/mol. The molecule has 1 N–H and O–H groups in total. The van der Waals surface area contributed by atoms with E-state index in [1.807, 2.05) is 53.1 Å². The molecule has 4 rings (SSSR count). The Labute approximate surface area is 203 Å². The minimum atomic E-state index is -2.91. The number of carbonyl (C=O) groups excluding carboxylic acids is 1. The van der Waals surface area contributed by atoms with Crippen molar-refractivity contribution in [3.05, 3.63) is 95.7 Å². The maximum absolute atomic E-state index is 13.0. The van der Waals surface area contributed by atoms with Gasteiger partial charge in [-0.15, -0.1) is 0 Å². The predicted octanol–water partition coefficient (Wildman–Crippen LogP) is 6.40. The second-order valence-corrected chi connectivity index (χ2v) is 8.19. The topological polar surface area (TPSA) is 52.5 Å². The number of unbranched alkanes of at least 4 members (excludes halogenated alkanes) is 1. The van der Waals surface area contributed by atoms with E-state index in [-0.39, 0.29) is 18.3 Å². The summed E-state index contributed by atoms with van der Waals surface area (Å²) in [5, 5.41) is 3.81. The number of nitrogens with zero attached hydrogens (tertiary/aromatic N) is 1.